The number of anilines is 1. The van der Waals surface area contributed by atoms with E-state index in [1.165, 1.54) is 37.8 Å². The molecule has 2 saturated heterocycles. The van der Waals surface area contributed by atoms with Crippen LogP contribution in [0, 0.1) is 0 Å². The van der Waals surface area contributed by atoms with Crippen LogP contribution in [0.5, 0.6) is 0 Å². The fourth-order valence-electron chi connectivity index (χ4n) is 3.85. The number of hydrogen-bond acceptors (Lipinski definition) is 4. The first-order chi connectivity index (χ1) is 12.4. The fourth-order valence-corrected chi connectivity index (χ4v) is 3.85. The van der Waals surface area contributed by atoms with Gasteiger partial charge < -0.3 is 15.0 Å². The molecule has 1 aromatic heterocycles. The van der Waals surface area contributed by atoms with Crippen LogP contribution in [0.3, 0.4) is 0 Å². The van der Waals surface area contributed by atoms with Gasteiger partial charge in [-0.25, -0.2) is 4.68 Å². The van der Waals surface area contributed by atoms with E-state index in [-0.39, 0.29) is 0 Å². The smallest absolute Gasteiger partial charge is 0.0699 e. The van der Waals surface area contributed by atoms with E-state index < -0.39 is 0 Å². The second-order valence-corrected chi connectivity index (χ2v) is 7.13. The monoisotopic (exact) mass is 340 g/mol. The lowest BCUT2D eigenvalue weighted by molar-refractivity contribution is 0.0149. The largest absolute Gasteiger partial charge is 0.377 e. The summed E-state index contributed by atoms with van der Waals surface area (Å²) in [5.74, 6) is 0. The number of benzene rings is 1. The van der Waals surface area contributed by atoms with E-state index in [1.807, 2.05) is 23.1 Å². The van der Waals surface area contributed by atoms with Crippen LogP contribution in [0.25, 0.3) is 5.69 Å². The maximum Gasteiger partial charge on any atom is 0.0699 e. The van der Waals surface area contributed by atoms with Gasteiger partial charge in [0, 0.05) is 50.4 Å². The molecule has 0 spiro atoms. The highest BCUT2D eigenvalue weighted by Gasteiger charge is 2.21. The molecule has 2 aliphatic heterocycles. The first-order valence-corrected chi connectivity index (χ1v) is 9.58. The lowest BCUT2D eigenvalue weighted by Gasteiger charge is -2.35. The zero-order chi connectivity index (χ0) is 16.9. The number of piperidine rings is 1. The Balaban J connectivity index is 1.25. The van der Waals surface area contributed by atoms with E-state index >= 15 is 0 Å². The van der Waals surface area contributed by atoms with Crippen molar-refractivity contribution in [2.45, 2.75) is 44.2 Å². The van der Waals surface area contributed by atoms with Crippen molar-refractivity contribution in [3.8, 4) is 5.69 Å². The molecule has 4 rings (SSSR count). The number of hydrogen-bond donors (Lipinski definition) is 1. The summed E-state index contributed by atoms with van der Waals surface area (Å²) in [6, 6.07) is 11.3. The van der Waals surface area contributed by atoms with Crippen LogP contribution in [-0.4, -0.2) is 48.2 Å². The molecular weight excluding hydrogens is 312 g/mol. The van der Waals surface area contributed by atoms with Crippen LogP contribution >= 0.6 is 0 Å². The highest BCUT2D eigenvalue weighted by atomic mass is 16.5. The van der Waals surface area contributed by atoms with Crippen LogP contribution in [0.2, 0.25) is 0 Å². The van der Waals surface area contributed by atoms with Gasteiger partial charge in [-0.15, -0.1) is 0 Å². The number of ether oxygens (including phenoxy) is 1. The van der Waals surface area contributed by atoms with E-state index in [0.29, 0.717) is 12.1 Å². The Labute approximate surface area is 150 Å². The Morgan fingerprint density at radius 3 is 2.52 bits per heavy atom. The average molecular weight is 340 g/mol. The van der Waals surface area contributed by atoms with Gasteiger partial charge in [0.15, 0.2) is 0 Å². The molecule has 2 aromatic rings. The molecule has 0 amide bonds. The van der Waals surface area contributed by atoms with E-state index in [1.54, 1.807) is 0 Å². The third-order valence-electron chi connectivity index (χ3n) is 5.39. The molecule has 5 heteroatoms. The predicted molar refractivity (Wildman–Crippen MR) is 100 cm³/mol. The van der Waals surface area contributed by atoms with Crippen LogP contribution in [0.15, 0.2) is 42.7 Å². The molecule has 25 heavy (non-hydrogen) atoms. The summed E-state index contributed by atoms with van der Waals surface area (Å²) in [6.45, 7) is 4.19. The predicted octanol–water partition coefficient (Wildman–Crippen LogP) is 3.00. The Morgan fingerprint density at radius 2 is 1.84 bits per heavy atom. The number of nitrogens with one attached hydrogen (secondary N) is 1. The summed E-state index contributed by atoms with van der Waals surface area (Å²) < 4.78 is 7.72. The Morgan fingerprint density at radius 1 is 1.04 bits per heavy atom. The first kappa shape index (κ1) is 16.6. The third-order valence-corrected chi connectivity index (χ3v) is 5.39. The molecule has 1 atom stereocenters. The van der Waals surface area contributed by atoms with E-state index in [2.05, 4.69) is 39.6 Å². The Bertz CT molecular complexity index is 626. The Kier molecular flexibility index (Phi) is 5.33. The quantitative estimate of drug-likeness (QED) is 0.909. The van der Waals surface area contributed by atoms with Gasteiger partial charge in [-0.05, 0) is 62.4 Å². The fraction of sp³-hybridized carbons (Fsp3) is 0.550. The highest BCUT2D eigenvalue weighted by Crippen LogP contribution is 2.22. The highest BCUT2D eigenvalue weighted by molar-refractivity contribution is 5.51. The summed E-state index contributed by atoms with van der Waals surface area (Å²) in [7, 11) is 0. The molecular formula is C20H28N4O. The van der Waals surface area contributed by atoms with Crippen LogP contribution in [0.1, 0.15) is 32.1 Å². The van der Waals surface area contributed by atoms with Gasteiger partial charge in [0.2, 0.25) is 0 Å². The van der Waals surface area contributed by atoms with Gasteiger partial charge in [0.25, 0.3) is 0 Å². The second kappa shape index (κ2) is 8.02. The normalized spacial score (nSPS) is 22.2. The molecule has 134 valence electrons. The minimum atomic E-state index is 0.432. The van der Waals surface area contributed by atoms with Gasteiger partial charge in [0.1, 0.15) is 0 Å². The minimum Gasteiger partial charge on any atom is -0.377 e. The van der Waals surface area contributed by atoms with Crippen molar-refractivity contribution in [1.29, 1.82) is 0 Å². The van der Waals surface area contributed by atoms with Gasteiger partial charge in [0.05, 0.1) is 11.8 Å². The SMILES string of the molecule is c1cnn(-c2ccc(N3CCC(NC[C@@H]4CCCCO4)CC3)cc2)c1. The van der Waals surface area contributed by atoms with Gasteiger partial charge >= 0.3 is 0 Å². The van der Waals surface area contributed by atoms with Crippen molar-refractivity contribution in [1.82, 2.24) is 15.1 Å². The molecule has 0 aliphatic carbocycles. The molecule has 5 nitrogen and oxygen atoms in total. The topological polar surface area (TPSA) is 42.3 Å². The summed E-state index contributed by atoms with van der Waals surface area (Å²) in [4.78, 5) is 2.49. The van der Waals surface area contributed by atoms with Crippen molar-refractivity contribution >= 4 is 5.69 Å². The average Bonchev–Trinajstić information content (AvgIpc) is 3.23. The molecule has 0 bridgehead atoms. The van der Waals surface area contributed by atoms with Crippen molar-refractivity contribution < 1.29 is 4.74 Å². The van der Waals surface area contributed by atoms with Gasteiger partial charge in [-0.3, -0.25) is 0 Å². The number of rotatable bonds is 5. The van der Waals surface area contributed by atoms with Crippen LogP contribution < -0.4 is 10.2 Å². The molecule has 1 N–H and O–H groups in total. The summed E-state index contributed by atoms with van der Waals surface area (Å²) in [6.07, 6.45) is 10.4. The second-order valence-electron chi connectivity index (χ2n) is 7.13. The van der Waals surface area contributed by atoms with Crippen LogP contribution in [-0.2, 0) is 4.74 Å². The molecule has 2 fully saturated rings. The maximum absolute atomic E-state index is 5.82. The van der Waals surface area contributed by atoms with Crippen molar-refractivity contribution in [2.75, 3.05) is 31.1 Å². The van der Waals surface area contributed by atoms with Crippen LogP contribution in [0.4, 0.5) is 5.69 Å². The lowest BCUT2D eigenvalue weighted by atomic mass is 10.0. The zero-order valence-corrected chi connectivity index (χ0v) is 14.8. The van der Waals surface area contributed by atoms with E-state index in [0.717, 1.165) is 31.9 Å². The van der Waals surface area contributed by atoms with Crippen molar-refractivity contribution in [3.05, 3.63) is 42.7 Å². The van der Waals surface area contributed by atoms with Gasteiger partial charge in [-0.2, -0.15) is 5.10 Å². The standard InChI is InChI=1S/C20H28N4O/c1-2-15-25-20(4-1)16-21-17-9-13-23(14-10-17)18-5-7-19(8-6-18)24-12-3-11-22-24/h3,5-8,11-12,17,20-21H,1-2,4,9-10,13-16H2/t20-/m0/s1. The summed E-state index contributed by atoms with van der Waals surface area (Å²) in [5, 5.41) is 8.01. The molecule has 0 unspecified atom stereocenters. The molecule has 3 heterocycles. The number of aromatic nitrogens is 2. The van der Waals surface area contributed by atoms with E-state index in [9.17, 15) is 0 Å². The molecule has 0 radical (unpaired) electrons. The first-order valence-electron chi connectivity index (χ1n) is 9.58. The summed E-state index contributed by atoms with van der Waals surface area (Å²) in [5.41, 5.74) is 2.42. The van der Waals surface area contributed by atoms with Gasteiger partial charge in [-0.1, -0.05) is 0 Å². The number of nitrogens with zero attached hydrogens (tertiary/aromatic N) is 3. The zero-order valence-electron chi connectivity index (χ0n) is 14.8. The maximum atomic E-state index is 5.82. The molecule has 1 aromatic carbocycles. The van der Waals surface area contributed by atoms with Crippen molar-refractivity contribution in [3.63, 3.8) is 0 Å². The molecule has 2 aliphatic rings. The third kappa shape index (κ3) is 4.22. The van der Waals surface area contributed by atoms with Crippen molar-refractivity contribution in [2.24, 2.45) is 0 Å². The molecule has 0 saturated carbocycles. The van der Waals surface area contributed by atoms with E-state index in [4.69, 9.17) is 4.74 Å². The summed E-state index contributed by atoms with van der Waals surface area (Å²) >= 11 is 0. The minimum absolute atomic E-state index is 0.432. The Hall–Kier alpha value is -1.85. The lowest BCUT2D eigenvalue weighted by Crippen LogP contribution is -2.45.